The maximum Gasteiger partial charge on any atom is 0.339 e. The van der Waals surface area contributed by atoms with Crippen molar-refractivity contribution >= 4 is 26.2 Å². The van der Waals surface area contributed by atoms with Gasteiger partial charge in [0, 0.05) is 0 Å². The number of benzene rings is 2. The van der Waals surface area contributed by atoms with Crippen LogP contribution >= 0.6 is 0 Å². The van der Waals surface area contributed by atoms with Crippen LogP contribution in [0.15, 0.2) is 21.9 Å². The van der Waals surface area contributed by atoms with Crippen LogP contribution in [0.2, 0.25) is 0 Å². The molecule has 0 atom stereocenters. The fourth-order valence-electron chi connectivity index (χ4n) is 7.32. The van der Waals surface area contributed by atoms with E-state index in [1.807, 2.05) is 12.1 Å². The van der Waals surface area contributed by atoms with Gasteiger partial charge in [-0.05, 0) is 73.0 Å². The van der Waals surface area contributed by atoms with E-state index in [2.05, 4.69) is 4.74 Å². The van der Waals surface area contributed by atoms with Gasteiger partial charge in [-0.15, -0.1) is 0 Å². The predicted molar refractivity (Wildman–Crippen MR) is 157 cm³/mol. The van der Waals surface area contributed by atoms with Gasteiger partial charge in [0.2, 0.25) is 17.4 Å². The summed E-state index contributed by atoms with van der Waals surface area (Å²) < 4.78 is 128. The molecule has 46 heavy (non-hydrogen) atoms. The first kappa shape index (κ1) is 34.8. The van der Waals surface area contributed by atoms with Gasteiger partial charge in [-0.25, -0.2) is 22.0 Å². The van der Waals surface area contributed by atoms with Crippen LogP contribution in [0.25, 0.3) is 0 Å². The minimum absolute atomic E-state index is 0.00175. The molecule has 0 saturated heterocycles. The Balaban J connectivity index is 1.49. The molecule has 3 saturated carbocycles. The number of carbonyl (C=O) groups is 1. The van der Waals surface area contributed by atoms with Gasteiger partial charge >= 0.3 is 5.97 Å². The van der Waals surface area contributed by atoms with Gasteiger partial charge in [0.15, 0.2) is 18.2 Å². The van der Waals surface area contributed by atoms with Crippen LogP contribution in [-0.2, 0) is 29.2 Å². The summed E-state index contributed by atoms with van der Waals surface area (Å²) in [7, 11) is -10.7. The second-order valence-electron chi connectivity index (χ2n) is 12.6. The molecule has 2 aromatic rings. The summed E-state index contributed by atoms with van der Waals surface area (Å²) in [6, 6.07) is 3.96. The Morgan fingerprint density at radius 2 is 1.07 bits per heavy atom. The second kappa shape index (κ2) is 14.3. The van der Waals surface area contributed by atoms with Crippen molar-refractivity contribution in [1.29, 1.82) is 0 Å². The van der Waals surface area contributed by atoms with Crippen molar-refractivity contribution in [3.05, 3.63) is 52.1 Å². The third kappa shape index (κ3) is 7.44. The van der Waals surface area contributed by atoms with Crippen LogP contribution in [0.1, 0.15) is 131 Å². The molecule has 0 spiro atoms. The molecular formula is C32H37F4O8S2-. The zero-order chi connectivity index (χ0) is 33.2. The lowest BCUT2D eigenvalue weighted by Crippen LogP contribution is -2.24. The Morgan fingerprint density at radius 1 is 0.652 bits per heavy atom. The van der Waals surface area contributed by atoms with Crippen LogP contribution in [0.4, 0.5) is 17.6 Å². The molecule has 0 N–H and O–H groups in total. The maximum absolute atomic E-state index is 14.4. The van der Waals surface area contributed by atoms with E-state index in [-0.39, 0.29) is 16.7 Å². The largest absolute Gasteiger partial charge is 0.744 e. The molecule has 0 aliphatic heterocycles. The monoisotopic (exact) mass is 689 g/mol. The molecule has 0 unspecified atom stereocenters. The number of rotatable bonds is 9. The highest BCUT2D eigenvalue weighted by atomic mass is 32.2. The highest BCUT2D eigenvalue weighted by Gasteiger charge is 2.35. The topological polar surface area (TPSA) is 127 Å². The standard InChI is InChI=1S/C32H38F4O8S2/c33-26-28(35)32(45(38,39)40)29(36)27(34)30(26)44-25(37)18-43-46(41,42)31-23(20-12-6-2-7-13-20)16-22(19-10-4-1-5-11-19)17-24(31)21-14-8-3-9-15-21/h16-17,19-21H,1-15,18H2,(H,38,39,40)/p-1. The van der Waals surface area contributed by atoms with E-state index in [9.17, 15) is 43.7 Å². The number of hydrogen-bond donors (Lipinski definition) is 0. The lowest BCUT2D eigenvalue weighted by Gasteiger charge is -2.32. The molecule has 3 aliphatic rings. The van der Waals surface area contributed by atoms with Gasteiger partial charge in [0.25, 0.3) is 10.1 Å². The SMILES string of the molecule is O=C(COS(=O)(=O)c1c(C2CCCCC2)cc(C2CCCCC2)cc1C1CCCCC1)Oc1c(F)c(F)c(S(=O)(=O)[O-])c(F)c1F. The minimum atomic E-state index is -5.98. The summed E-state index contributed by atoms with van der Waals surface area (Å²) in [5.41, 5.74) is 2.40. The number of halogens is 4. The Labute approximate surface area is 266 Å². The van der Waals surface area contributed by atoms with E-state index >= 15 is 0 Å². The first-order valence-corrected chi connectivity index (χ1v) is 18.7. The highest BCUT2D eigenvalue weighted by Crippen LogP contribution is 2.46. The van der Waals surface area contributed by atoms with Gasteiger partial charge in [0.1, 0.15) is 19.9 Å². The van der Waals surface area contributed by atoms with Crippen molar-refractivity contribution in [2.45, 2.75) is 124 Å². The van der Waals surface area contributed by atoms with Gasteiger partial charge in [-0.3, -0.25) is 4.18 Å². The number of ether oxygens (including phenoxy) is 1. The summed E-state index contributed by atoms with van der Waals surface area (Å²) in [6.45, 7) is -1.40. The van der Waals surface area contributed by atoms with Gasteiger partial charge < -0.3 is 9.29 Å². The van der Waals surface area contributed by atoms with E-state index in [1.165, 1.54) is 0 Å². The third-order valence-corrected chi connectivity index (χ3v) is 11.8. The molecular weight excluding hydrogens is 652 g/mol. The van der Waals surface area contributed by atoms with E-state index in [0.717, 1.165) is 102 Å². The normalized spacial score (nSPS) is 19.3. The molecule has 0 bridgehead atoms. The Morgan fingerprint density at radius 3 is 1.48 bits per heavy atom. The van der Waals surface area contributed by atoms with E-state index in [0.29, 0.717) is 17.0 Å². The van der Waals surface area contributed by atoms with Crippen molar-refractivity contribution in [2.24, 2.45) is 0 Å². The molecule has 0 heterocycles. The fraction of sp³-hybridized carbons (Fsp3) is 0.594. The van der Waals surface area contributed by atoms with E-state index in [4.69, 9.17) is 4.18 Å². The van der Waals surface area contributed by atoms with Crippen LogP contribution in [0, 0.1) is 23.3 Å². The lowest BCUT2D eigenvalue weighted by atomic mass is 9.76. The molecule has 0 amide bonds. The van der Waals surface area contributed by atoms with Crippen molar-refractivity contribution in [3.63, 3.8) is 0 Å². The Kier molecular flexibility index (Phi) is 10.8. The second-order valence-corrected chi connectivity index (χ2v) is 15.5. The summed E-state index contributed by atoms with van der Waals surface area (Å²) in [5, 5.41) is 0. The molecule has 2 aromatic carbocycles. The van der Waals surface area contributed by atoms with E-state index < -0.39 is 66.7 Å². The van der Waals surface area contributed by atoms with Crippen LogP contribution < -0.4 is 4.74 Å². The number of carbonyl (C=O) groups excluding carboxylic acids is 1. The molecule has 0 radical (unpaired) electrons. The summed E-state index contributed by atoms with van der Waals surface area (Å²) >= 11 is 0. The minimum Gasteiger partial charge on any atom is -0.744 e. The zero-order valence-electron chi connectivity index (χ0n) is 25.3. The lowest BCUT2D eigenvalue weighted by molar-refractivity contribution is -0.137. The maximum atomic E-state index is 14.4. The molecule has 254 valence electrons. The van der Waals surface area contributed by atoms with Crippen LogP contribution in [-0.4, -0.2) is 34.0 Å². The Bertz CT molecular complexity index is 1610. The zero-order valence-corrected chi connectivity index (χ0v) is 26.9. The molecule has 14 heteroatoms. The first-order valence-electron chi connectivity index (χ1n) is 15.9. The summed E-state index contributed by atoms with van der Waals surface area (Å²) in [5.74, 6) is -13.6. The smallest absolute Gasteiger partial charge is 0.339 e. The molecule has 3 fully saturated rings. The van der Waals surface area contributed by atoms with Crippen molar-refractivity contribution in [1.82, 2.24) is 0 Å². The van der Waals surface area contributed by atoms with Crippen molar-refractivity contribution < 1.29 is 52.7 Å². The van der Waals surface area contributed by atoms with E-state index in [1.54, 1.807) is 0 Å². The first-order chi connectivity index (χ1) is 21.8. The number of esters is 1. The van der Waals surface area contributed by atoms with Crippen LogP contribution in [0.5, 0.6) is 5.75 Å². The predicted octanol–water partition coefficient (Wildman–Crippen LogP) is 7.60. The van der Waals surface area contributed by atoms with Crippen LogP contribution in [0.3, 0.4) is 0 Å². The molecule has 8 nitrogen and oxygen atoms in total. The van der Waals surface area contributed by atoms with Crippen molar-refractivity contribution in [2.75, 3.05) is 6.61 Å². The van der Waals surface area contributed by atoms with Gasteiger partial charge in [-0.1, -0.05) is 69.9 Å². The number of hydrogen-bond acceptors (Lipinski definition) is 8. The quantitative estimate of drug-likeness (QED) is 0.0658. The average Bonchev–Trinajstić information content (AvgIpc) is 3.05. The highest BCUT2D eigenvalue weighted by molar-refractivity contribution is 7.87. The molecule has 5 rings (SSSR count). The molecule has 3 aliphatic carbocycles. The van der Waals surface area contributed by atoms with Gasteiger partial charge in [0.05, 0.1) is 0 Å². The fourth-order valence-corrected chi connectivity index (χ4v) is 9.34. The average molecular weight is 690 g/mol. The summed E-state index contributed by atoms with van der Waals surface area (Å²) in [6.07, 6.45) is 14.3. The Hall–Kier alpha value is -2.55. The summed E-state index contributed by atoms with van der Waals surface area (Å²) in [4.78, 5) is 10.1. The third-order valence-electron chi connectivity index (χ3n) is 9.57. The van der Waals surface area contributed by atoms with Crippen molar-refractivity contribution in [3.8, 4) is 5.75 Å². The molecule has 0 aromatic heterocycles. The van der Waals surface area contributed by atoms with Gasteiger partial charge in [-0.2, -0.15) is 17.2 Å².